The molecule has 0 bridgehead atoms. The van der Waals surface area contributed by atoms with Crippen LogP contribution in [0.15, 0.2) is 42.6 Å². The molecule has 6 nitrogen and oxygen atoms in total. The maximum absolute atomic E-state index is 11.8. The number of hydrogen-bond donors (Lipinski definition) is 3. The van der Waals surface area contributed by atoms with E-state index in [0.717, 1.165) is 29.3 Å². The van der Waals surface area contributed by atoms with E-state index < -0.39 is 0 Å². The highest BCUT2D eigenvalue weighted by atomic mass is 16.5. The minimum atomic E-state index is -0.384. The molecule has 0 spiro atoms. The van der Waals surface area contributed by atoms with Crippen LogP contribution in [0.4, 0.5) is 0 Å². The quantitative estimate of drug-likeness (QED) is 0.300. The summed E-state index contributed by atoms with van der Waals surface area (Å²) in [7, 11) is 0. The summed E-state index contributed by atoms with van der Waals surface area (Å²) in [6.07, 6.45) is 7.56. The molecule has 0 aliphatic rings. The molecule has 2 rings (SSSR count). The first kappa shape index (κ1) is 17.6. The summed E-state index contributed by atoms with van der Waals surface area (Å²) < 4.78 is 0. The van der Waals surface area contributed by atoms with Crippen molar-refractivity contribution in [2.24, 2.45) is 0 Å². The van der Waals surface area contributed by atoms with Gasteiger partial charge in [0.2, 0.25) is 11.8 Å². The summed E-state index contributed by atoms with van der Waals surface area (Å²) in [6.45, 7) is 0.553. The smallest absolute Gasteiger partial charge is 0.244 e. The standard InChI is InChI=1S/C18H21N3O3/c22-16(19-12-3-1-2-9-17(23)21-24)11-10-15-7-4-6-14-8-5-13-20-18(14)15/h4-8,10-11,13,24H,1-3,9,12H2,(H,19,22)(H,21,23)/b11-10+. The Morgan fingerprint density at radius 2 is 1.96 bits per heavy atom. The van der Waals surface area contributed by atoms with Gasteiger partial charge in [-0.3, -0.25) is 19.8 Å². The van der Waals surface area contributed by atoms with Crippen molar-refractivity contribution in [3.8, 4) is 0 Å². The number of pyridine rings is 1. The first-order chi connectivity index (χ1) is 11.7. The van der Waals surface area contributed by atoms with Crippen LogP contribution < -0.4 is 10.8 Å². The normalized spacial score (nSPS) is 10.9. The van der Waals surface area contributed by atoms with Gasteiger partial charge < -0.3 is 5.32 Å². The maximum atomic E-state index is 11.8. The predicted octanol–water partition coefficient (Wildman–Crippen LogP) is 2.43. The molecule has 0 atom stereocenters. The molecule has 2 amide bonds. The molecule has 126 valence electrons. The number of unbranched alkanes of at least 4 members (excludes halogenated alkanes) is 2. The average Bonchev–Trinajstić information content (AvgIpc) is 2.62. The van der Waals surface area contributed by atoms with E-state index in [2.05, 4.69) is 10.3 Å². The number of hydroxylamine groups is 1. The molecule has 0 aliphatic carbocycles. The van der Waals surface area contributed by atoms with Gasteiger partial charge in [-0.25, -0.2) is 5.48 Å². The van der Waals surface area contributed by atoms with Gasteiger partial charge >= 0.3 is 0 Å². The third-order valence-electron chi connectivity index (χ3n) is 3.58. The minimum absolute atomic E-state index is 0.156. The highest BCUT2D eigenvalue weighted by Gasteiger charge is 2.01. The number of nitrogens with one attached hydrogen (secondary N) is 2. The van der Waals surface area contributed by atoms with Gasteiger partial charge in [-0.15, -0.1) is 0 Å². The number of hydrogen-bond acceptors (Lipinski definition) is 4. The Kier molecular flexibility index (Phi) is 6.91. The van der Waals surface area contributed by atoms with E-state index in [1.165, 1.54) is 6.08 Å². The summed E-state index contributed by atoms with van der Waals surface area (Å²) in [6, 6.07) is 9.70. The van der Waals surface area contributed by atoms with Gasteiger partial charge in [0.05, 0.1) is 5.52 Å². The zero-order chi connectivity index (χ0) is 17.2. The Morgan fingerprint density at radius 3 is 2.79 bits per heavy atom. The van der Waals surface area contributed by atoms with Crippen LogP contribution in [-0.4, -0.2) is 28.6 Å². The largest absolute Gasteiger partial charge is 0.353 e. The van der Waals surface area contributed by atoms with E-state index in [0.29, 0.717) is 19.4 Å². The summed E-state index contributed by atoms with van der Waals surface area (Å²) in [5.41, 5.74) is 3.36. The summed E-state index contributed by atoms with van der Waals surface area (Å²) in [5, 5.41) is 12.2. The van der Waals surface area contributed by atoms with Crippen LogP contribution in [0.5, 0.6) is 0 Å². The fourth-order valence-electron chi connectivity index (χ4n) is 2.34. The number of carbonyl (C=O) groups is 2. The van der Waals surface area contributed by atoms with Gasteiger partial charge in [0.25, 0.3) is 0 Å². The fraction of sp³-hybridized carbons (Fsp3) is 0.278. The molecule has 3 N–H and O–H groups in total. The van der Waals surface area contributed by atoms with Crippen molar-refractivity contribution in [1.29, 1.82) is 0 Å². The van der Waals surface area contributed by atoms with Crippen LogP contribution in [0.2, 0.25) is 0 Å². The van der Waals surface area contributed by atoms with Gasteiger partial charge in [-0.05, 0) is 25.0 Å². The molecule has 0 saturated carbocycles. The Labute approximate surface area is 140 Å². The highest BCUT2D eigenvalue weighted by Crippen LogP contribution is 2.16. The number of carbonyl (C=O) groups excluding carboxylic acids is 2. The van der Waals surface area contributed by atoms with E-state index in [4.69, 9.17) is 5.21 Å². The van der Waals surface area contributed by atoms with Crippen molar-refractivity contribution in [3.05, 3.63) is 48.2 Å². The molecule has 6 heteroatoms. The van der Waals surface area contributed by atoms with E-state index >= 15 is 0 Å². The zero-order valence-corrected chi connectivity index (χ0v) is 13.4. The van der Waals surface area contributed by atoms with E-state index in [-0.39, 0.29) is 11.8 Å². The molecule has 24 heavy (non-hydrogen) atoms. The van der Waals surface area contributed by atoms with Crippen molar-refractivity contribution in [2.45, 2.75) is 25.7 Å². The van der Waals surface area contributed by atoms with Gasteiger partial charge in [-0.1, -0.05) is 30.7 Å². The number of nitrogens with zero attached hydrogens (tertiary/aromatic N) is 1. The van der Waals surface area contributed by atoms with Crippen LogP contribution >= 0.6 is 0 Å². The first-order valence-electron chi connectivity index (χ1n) is 7.93. The van der Waals surface area contributed by atoms with Gasteiger partial charge in [0.1, 0.15) is 0 Å². The van der Waals surface area contributed by atoms with Crippen LogP contribution in [0.3, 0.4) is 0 Å². The van der Waals surface area contributed by atoms with Gasteiger partial charge in [0, 0.05) is 36.2 Å². The van der Waals surface area contributed by atoms with Crippen LogP contribution in [0.25, 0.3) is 17.0 Å². The lowest BCUT2D eigenvalue weighted by Crippen LogP contribution is -2.22. The molecule has 0 saturated heterocycles. The lowest BCUT2D eigenvalue weighted by atomic mass is 10.1. The van der Waals surface area contributed by atoms with Crippen molar-refractivity contribution < 1.29 is 14.8 Å². The van der Waals surface area contributed by atoms with Crippen molar-refractivity contribution in [2.75, 3.05) is 6.54 Å². The Morgan fingerprint density at radius 1 is 1.12 bits per heavy atom. The topological polar surface area (TPSA) is 91.3 Å². The molecule has 0 fully saturated rings. The minimum Gasteiger partial charge on any atom is -0.353 e. The number of fused-ring (bicyclic) bond motifs is 1. The lowest BCUT2D eigenvalue weighted by molar-refractivity contribution is -0.129. The SMILES string of the molecule is O=C(/C=C/c1cccc2cccnc12)NCCCCCC(=O)NO. The summed E-state index contributed by atoms with van der Waals surface area (Å²) >= 11 is 0. The van der Waals surface area contributed by atoms with Crippen molar-refractivity contribution in [3.63, 3.8) is 0 Å². The predicted molar refractivity (Wildman–Crippen MR) is 92.2 cm³/mol. The number of benzene rings is 1. The third-order valence-corrected chi connectivity index (χ3v) is 3.58. The van der Waals surface area contributed by atoms with Gasteiger partial charge in [-0.2, -0.15) is 0 Å². The van der Waals surface area contributed by atoms with E-state index in [1.807, 2.05) is 30.3 Å². The Hall–Kier alpha value is -2.73. The summed E-state index contributed by atoms with van der Waals surface area (Å²) in [4.78, 5) is 27.0. The molecule has 1 heterocycles. The molecular weight excluding hydrogens is 306 g/mol. The number of rotatable bonds is 8. The molecular formula is C18H21N3O3. The van der Waals surface area contributed by atoms with E-state index in [1.54, 1.807) is 17.8 Å². The Bertz CT molecular complexity index is 723. The van der Waals surface area contributed by atoms with Gasteiger partial charge in [0.15, 0.2) is 0 Å². The van der Waals surface area contributed by atoms with Crippen LogP contribution in [0, 0.1) is 0 Å². The zero-order valence-electron chi connectivity index (χ0n) is 13.4. The van der Waals surface area contributed by atoms with Crippen molar-refractivity contribution >= 4 is 28.8 Å². The maximum Gasteiger partial charge on any atom is 0.244 e. The Balaban J connectivity index is 1.76. The number of amides is 2. The number of para-hydroxylation sites is 1. The van der Waals surface area contributed by atoms with Crippen LogP contribution in [-0.2, 0) is 9.59 Å². The highest BCUT2D eigenvalue weighted by molar-refractivity contribution is 5.95. The molecule has 0 radical (unpaired) electrons. The molecule has 0 unspecified atom stereocenters. The molecule has 1 aromatic heterocycles. The second kappa shape index (κ2) is 9.42. The van der Waals surface area contributed by atoms with Crippen LogP contribution in [0.1, 0.15) is 31.2 Å². The second-order valence-electron chi connectivity index (χ2n) is 5.39. The molecule has 1 aromatic carbocycles. The fourth-order valence-corrected chi connectivity index (χ4v) is 2.34. The molecule has 2 aromatic rings. The lowest BCUT2D eigenvalue weighted by Gasteiger charge is -2.03. The van der Waals surface area contributed by atoms with Crippen molar-refractivity contribution in [1.82, 2.24) is 15.8 Å². The van der Waals surface area contributed by atoms with E-state index in [9.17, 15) is 9.59 Å². The summed E-state index contributed by atoms with van der Waals surface area (Å²) in [5.74, 6) is -0.540. The second-order valence-corrected chi connectivity index (χ2v) is 5.39. The average molecular weight is 327 g/mol. The molecule has 0 aliphatic heterocycles. The monoisotopic (exact) mass is 327 g/mol. The number of aromatic nitrogens is 1. The third kappa shape index (κ3) is 5.48. The first-order valence-corrected chi connectivity index (χ1v) is 7.93.